The van der Waals surface area contributed by atoms with Gasteiger partial charge in [0.15, 0.2) is 0 Å². The highest BCUT2D eigenvalue weighted by molar-refractivity contribution is 5.91. The van der Waals surface area contributed by atoms with Gasteiger partial charge in [-0.15, -0.1) is 12.4 Å². The van der Waals surface area contributed by atoms with Gasteiger partial charge < -0.3 is 15.3 Å². The van der Waals surface area contributed by atoms with Gasteiger partial charge in [0.2, 0.25) is 6.61 Å². The Morgan fingerprint density at radius 1 is 1.09 bits per heavy atom. The second kappa shape index (κ2) is 11.1. The van der Waals surface area contributed by atoms with Gasteiger partial charge in [0, 0.05) is 18.9 Å². The SMILES string of the molecule is Cl.O=C(O)CO/N=C(/Cc1ccc2ccccc2c1)C1CNCCC1c1ccc(F)cc1. The zero-order chi connectivity index (χ0) is 21.6. The zero-order valence-electron chi connectivity index (χ0n) is 17.5. The summed E-state index contributed by atoms with van der Waals surface area (Å²) in [5, 5.41) is 19.0. The van der Waals surface area contributed by atoms with Crippen molar-refractivity contribution < 1.29 is 19.1 Å². The summed E-state index contributed by atoms with van der Waals surface area (Å²) in [6, 6.07) is 21.0. The van der Waals surface area contributed by atoms with E-state index >= 15 is 0 Å². The minimum absolute atomic E-state index is 0. The number of benzene rings is 3. The van der Waals surface area contributed by atoms with E-state index in [1.54, 1.807) is 0 Å². The molecule has 1 heterocycles. The van der Waals surface area contributed by atoms with Crippen molar-refractivity contribution in [3.63, 3.8) is 0 Å². The molecule has 2 atom stereocenters. The molecule has 0 aliphatic carbocycles. The number of hydrogen-bond acceptors (Lipinski definition) is 4. The number of rotatable bonds is 7. The van der Waals surface area contributed by atoms with Crippen LogP contribution >= 0.6 is 12.4 Å². The molecule has 0 amide bonds. The van der Waals surface area contributed by atoms with Crippen LogP contribution < -0.4 is 5.32 Å². The van der Waals surface area contributed by atoms with Crippen molar-refractivity contribution in [2.45, 2.75) is 18.8 Å². The lowest BCUT2D eigenvalue weighted by molar-refractivity contribution is -0.142. The van der Waals surface area contributed by atoms with E-state index in [4.69, 9.17) is 9.94 Å². The Morgan fingerprint density at radius 3 is 2.59 bits per heavy atom. The van der Waals surface area contributed by atoms with Crippen LogP contribution in [0.25, 0.3) is 10.8 Å². The first-order valence-electron chi connectivity index (χ1n) is 10.4. The third-order valence-corrected chi connectivity index (χ3v) is 5.78. The lowest BCUT2D eigenvalue weighted by Gasteiger charge is -2.33. The second-order valence-electron chi connectivity index (χ2n) is 7.87. The smallest absolute Gasteiger partial charge is 0.344 e. The number of carbonyl (C=O) groups is 1. The minimum Gasteiger partial charge on any atom is -0.479 e. The highest BCUT2D eigenvalue weighted by atomic mass is 35.5. The first kappa shape index (κ1) is 23.7. The maximum absolute atomic E-state index is 13.5. The highest BCUT2D eigenvalue weighted by Gasteiger charge is 2.31. The summed E-state index contributed by atoms with van der Waals surface area (Å²) in [5.41, 5.74) is 2.93. The van der Waals surface area contributed by atoms with Crippen molar-refractivity contribution in [1.82, 2.24) is 5.32 Å². The molecule has 32 heavy (non-hydrogen) atoms. The predicted molar refractivity (Wildman–Crippen MR) is 126 cm³/mol. The van der Waals surface area contributed by atoms with Crippen LogP contribution in [0.5, 0.6) is 0 Å². The van der Waals surface area contributed by atoms with Crippen LogP contribution in [0, 0.1) is 11.7 Å². The van der Waals surface area contributed by atoms with E-state index in [-0.39, 0.29) is 30.1 Å². The number of nitrogens with zero attached hydrogens (tertiary/aromatic N) is 1. The molecule has 5 nitrogen and oxygen atoms in total. The Bertz CT molecular complexity index is 1090. The van der Waals surface area contributed by atoms with Crippen molar-refractivity contribution in [2.24, 2.45) is 11.1 Å². The molecular weight excluding hydrogens is 431 g/mol. The van der Waals surface area contributed by atoms with Crippen LogP contribution in [0.1, 0.15) is 23.5 Å². The Kier molecular flexibility index (Phi) is 8.20. The van der Waals surface area contributed by atoms with Gasteiger partial charge in [0.1, 0.15) is 5.82 Å². The number of aliphatic carboxylic acids is 1. The molecule has 1 saturated heterocycles. The second-order valence-corrected chi connectivity index (χ2v) is 7.87. The van der Waals surface area contributed by atoms with Crippen molar-refractivity contribution in [3.05, 3.63) is 83.7 Å². The summed E-state index contributed by atoms with van der Waals surface area (Å²) in [7, 11) is 0. The van der Waals surface area contributed by atoms with Gasteiger partial charge in [0.25, 0.3) is 0 Å². The number of piperidine rings is 1. The molecule has 0 aromatic heterocycles. The maximum Gasteiger partial charge on any atom is 0.344 e. The third-order valence-electron chi connectivity index (χ3n) is 5.78. The molecule has 0 spiro atoms. The third kappa shape index (κ3) is 5.84. The Balaban J connectivity index is 0.00000289. The zero-order valence-corrected chi connectivity index (χ0v) is 18.4. The van der Waals surface area contributed by atoms with Gasteiger partial charge in [-0.2, -0.15) is 0 Å². The van der Waals surface area contributed by atoms with Gasteiger partial charge in [-0.3, -0.25) is 0 Å². The van der Waals surface area contributed by atoms with Gasteiger partial charge >= 0.3 is 5.97 Å². The first-order chi connectivity index (χ1) is 15.1. The summed E-state index contributed by atoms with van der Waals surface area (Å²) in [6.07, 6.45) is 1.43. The normalized spacial score (nSPS) is 18.7. The predicted octanol–water partition coefficient (Wildman–Crippen LogP) is 4.79. The highest BCUT2D eigenvalue weighted by Crippen LogP contribution is 2.33. The Labute approximate surface area is 192 Å². The van der Waals surface area contributed by atoms with Crippen molar-refractivity contribution in [1.29, 1.82) is 0 Å². The summed E-state index contributed by atoms with van der Waals surface area (Å²) in [5.74, 6) is -1.16. The summed E-state index contributed by atoms with van der Waals surface area (Å²) >= 11 is 0. The molecule has 0 saturated carbocycles. The van der Waals surface area contributed by atoms with E-state index < -0.39 is 12.6 Å². The van der Waals surface area contributed by atoms with Gasteiger partial charge in [0.05, 0.1) is 5.71 Å². The van der Waals surface area contributed by atoms with Gasteiger partial charge in [-0.25, -0.2) is 9.18 Å². The van der Waals surface area contributed by atoms with Crippen LogP contribution in [-0.4, -0.2) is 36.5 Å². The average molecular weight is 457 g/mol. The molecule has 0 bridgehead atoms. The van der Waals surface area contributed by atoms with Crippen LogP contribution in [0.3, 0.4) is 0 Å². The molecule has 4 rings (SSSR count). The topological polar surface area (TPSA) is 70.9 Å². The Morgan fingerprint density at radius 2 is 1.84 bits per heavy atom. The van der Waals surface area contributed by atoms with E-state index in [1.807, 2.05) is 24.3 Å². The van der Waals surface area contributed by atoms with Crippen LogP contribution in [0.2, 0.25) is 0 Å². The fourth-order valence-electron chi connectivity index (χ4n) is 4.28. The number of halogens is 2. The number of oxime groups is 1. The monoisotopic (exact) mass is 456 g/mol. The van der Waals surface area contributed by atoms with Crippen LogP contribution in [-0.2, 0) is 16.1 Å². The standard InChI is InChI=1S/C25H25FN2O3.ClH/c26-21-9-7-19(8-10-21)22-11-12-27-15-23(22)24(28-31-16-25(29)30)14-17-5-6-18-3-1-2-4-20(18)13-17;/h1-10,13,22-23,27H,11-12,14-16H2,(H,29,30);1H/b28-24-;. The van der Waals surface area contributed by atoms with E-state index in [0.717, 1.165) is 40.6 Å². The summed E-state index contributed by atoms with van der Waals surface area (Å²) in [6.45, 7) is 1.07. The van der Waals surface area contributed by atoms with Crippen molar-refractivity contribution in [2.75, 3.05) is 19.7 Å². The van der Waals surface area contributed by atoms with Crippen LogP contribution in [0.15, 0.2) is 71.9 Å². The molecule has 1 aliphatic rings. The fourth-order valence-corrected chi connectivity index (χ4v) is 4.28. The number of fused-ring (bicyclic) bond motifs is 1. The first-order valence-corrected chi connectivity index (χ1v) is 10.4. The number of nitrogens with one attached hydrogen (secondary N) is 1. The molecule has 2 unspecified atom stereocenters. The summed E-state index contributed by atoms with van der Waals surface area (Å²) in [4.78, 5) is 16.1. The van der Waals surface area contributed by atoms with E-state index in [1.165, 1.54) is 12.1 Å². The summed E-state index contributed by atoms with van der Waals surface area (Å²) < 4.78 is 13.5. The molecule has 3 aromatic carbocycles. The molecule has 7 heteroatoms. The van der Waals surface area contributed by atoms with Gasteiger partial charge in [-0.1, -0.05) is 59.8 Å². The maximum atomic E-state index is 13.5. The molecule has 3 aromatic rings. The molecule has 2 N–H and O–H groups in total. The number of hydrogen-bond donors (Lipinski definition) is 2. The number of carboxylic acid groups (broad SMARTS) is 1. The number of carboxylic acids is 1. The van der Waals surface area contributed by atoms with E-state index in [2.05, 4.69) is 40.8 Å². The molecule has 168 valence electrons. The molecular formula is C25H26ClFN2O3. The van der Waals surface area contributed by atoms with E-state index in [0.29, 0.717) is 13.0 Å². The lowest BCUT2D eigenvalue weighted by Crippen LogP contribution is -2.40. The molecule has 1 fully saturated rings. The fraction of sp³-hybridized carbons (Fsp3) is 0.280. The van der Waals surface area contributed by atoms with Crippen molar-refractivity contribution in [3.8, 4) is 0 Å². The van der Waals surface area contributed by atoms with Crippen molar-refractivity contribution >= 4 is 34.9 Å². The van der Waals surface area contributed by atoms with Crippen LogP contribution in [0.4, 0.5) is 4.39 Å². The van der Waals surface area contributed by atoms with Gasteiger partial charge in [-0.05, 0) is 52.9 Å². The minimum atomic E-state index is -1.06. The Hall–Kier alpha value is -2.96. The average Bonchev–Trinajstić information content (AvgIpc) is 2.79. The largest absolute Gasteiger partial charge is 0.479 e. The molecule has 1 aliphatic heterocycles. The lowest BCUT2D eigenvalue weighted by atomic mass is 9.77. The molecule has 0 radical (unpaired) electrons. The quantitative estimate of drug-likeness (QED) is 0.396. The van der Waals surface area contributed by atoms with E-state index in [9.17, 15) is 9.18 Å².